The first kappa shape index (κ1) is 12.5. The summed E-state index contributed by atoms with van der Waals surface area (Å²) in [5.74, 6) is -0.0999. The van der Waals surface area contributed by atoms with Crippen LogP contribution in [0.25, 0.3) is 0 Å². The van der Waals surface area contributed by atoms with Gasteiger partial charge in [0.05, 0.1) is 12.1 Å². The number of rotatable bonds is 4. The van der Waals surface area contributed by atoms with Crippen LogP contribution in [0.4, 0.5) is 0 Å². The van der Waals surface area contributed by atoms with E-state index in [0.29, 0.717) is 6.42 Å². The number of nitrogens with one attached hydrogen (secondary N) is 1. The second-order valence-electron chi connectivity index (χ2n) is 3.87. The average molecular weight is 258 g/mol. The normalized spacial score (nSPS) is 11.3. The van der Waals surface area contributed by atoms with Gasteiger partial charge in [0, 0.05) is 4.88 Å². The molecular formula is C14H14N2OS. The molecule has 0 aliphatic heterocycles. The molecule has 1 aromatic carbocycles. The Hall–Kier alpha value is -1.94. The predicted octanol–water partition coefficient (Wildman–Crippen LogP) is 2.83. The Kier molecular flexibility index (Phi) is 4.25. The number of nitrogens with zero attached hydrogens (tertiary/aromatic N) is 1. The Morgan fingerprint density at radius 2 is 2.00 bits per heavy atom. The highest BCUT2D eigenvalue weighted by Gasteiger charge is 2.02. The summed E-state index contributed by atoms with van der Waals surface area (Å²) in [6, 6.07) is 13.6. The van der Waals surface area contributed by atoms with E-state index in [1.165, 1.54) is 0 Å². The molecule has 0 unspecified atom stereocenters. The zero-order valence-corrected chi connectivity index (χ0v) is 10.9. The molecule has 92 valence electrons. The van der Waals surface area contributed by atoms with E-state index in [-0.39, 0.29) is 5.91 Å². The van der Waals surface area contributed by atoms with Gasteiger partial charge in [-0.3, -0.25) is 4.79 Å². The molecule has 0 aliphatic carbocycles. The molecule has 0 saturated heterocycles. The van der Waals surface area contributed by atoms with Gasteiger partial charge in [0.15, 0.2) is 0 Å². The highest BCUT2D eigenvalue weighted by atomic mass is 32.1. The van der Waals surface area contributed by atoms with Crippen molar-refractivity contribution in [2.75, 3.05) is 0 Å². The van der Waals surface area contributed by atoms with Crippen molar-refractivity contribution in [2.24, 2.45) is 5.10 Å². The number of carbonyl (C=O) groups is 1. The Morgan fingerprint density at radius 3 is 2.67 bits per heavy atom. The fourth-order valence-corrected chi connectivity index (χ4v) is 2.18. The highest BCUT2D eigenvalue weighted by Crippen LogP contribution is 2.09. The van der Waals surface area contributed by atoms with Crippen LogP contribution in [-0.4, -0.2) is 11.6 Å². The zero-order valence-electron chi connectivity index (χ0n) is 10.1. The topological polar surface area (TPSA) is 41.5 Å². The molecule has 18 heavy (non-hydrogen) atoms. The number of hydrazone groups is 1. The summed E-state index contributed by atoms with van der Waals surface area (Å²) in [4.78, 5) is 12.7. The maximum Gasteiger partial charge on any atom is 0.244 e. The van der Waals surface area contributed by atoms with E-state index in [4.69, 9.17) is 0 Å². The minimum Gasteiger partial charge on any atom is -0.273 e. The van der Waals surface area contributed by atoms with E-state index < -0.39 is 0 Å². The Morgan fingerprint density at radius 1 is 1.22 bits per heavy atom. The van der Waals surface area contributed by atoms with Gasteiger partial charge in [0.2, 0.25) is 5.91 Å². The van der Waals surface area contributed by atoms with Gasteiger partial charge in [0.25, 0.3) is 0 Å². The Balaban J connectivity index is 1.91. The van der Waals surface area contributed by atoms with Crippen molar-refractivity contribution in [1.82, 2.24) is 5.43 Å². The van der Waals surface area contributed by atoms with Crippen molar-refractivity contribution in [1.29, 1.82) is 0 Å². The first-order valence-corrected chi connectivity index (χ1v) is 6.54. The molecule has 1 amide bonds. The lowest BCUT2D eigenvalue weighted by Crippen LogP contribution is -2.21. The summed E-state index contributed by atoms with van der Waals surface area (Å²) in [5.41, 5.74) is 4.39. The van der Waals surface area contributed by atoms with Crippen molar-refractivity contribution in [3.05, 3.63) is 58.3 Å². The molecule has 1 N–H and O–H groups in total. The van der Waals surface area contributed by atoms with Crippen molar-refractivity contribution in [3.63, 3.8) is 0 Å². The van der Waals surface area contributed by atoms with Crippen LogP contribution >= 0.6 is 11.3 Å². The highest BCUT2D eigenvalue weighted by molar-refractivity contribution is 7.12. The van der Waals surface area contributed by atoms with Crippen LogP contribution in [0.15, 0.2) is 52.9 Å². The lowest BCUT2D eigenvalue weighted by molar-refractivity contribution is -0.120. The molecular weight excluding hydrogens is 244 g/mol. The largest absolute Gasteiger partial charge is 0.273 e. The molecule has 2 rings (SSSR count). The van der Waals surface area contributed by atoms with E-state index in [2.05, 4.69) is 10.5 Å². The summed E-state index contributed by atoms with van der Waals surface area (Å²) in [7, 11) is 0. The van der Waals surface area contributed by atoms with Crippen LogP contribution in [-0.2, 0) is 11.2 Å². The molecule has 2 aromatic rings. The third-order valence-corrected chi connectivity index (χ3v) is 3.41. The van der Waals surface area contributed by atoms with Gasteiger partial charge in [-0.05, 0) is 23.9 Å². The van der Waals surface area contributed by atoms with Gasteiger partial charge in [0.1, 0.15) is 0 Å². The van der Waals surface area contributed by atoms with E-state index in [0.717, 1.165) is 16.2 Å². The molecule has 1 aromatic heterocycles. The summed E-state index contributed by atoms with van der Waals surface area (Å²) >= 11 is 1.60. The average Bonchev–Trinajstić information content (AvgIpc) is 2.91. The second kappa shape index (κ2) is 6.12. The van der Waals surface area contributed by atoms with Crippen LogP contribution < -0.4 is 5.43 Å². The smallest absolute Gasteiger partial charge is 0.244 e. The van der Waals surface area contributed by atoms with E-state index in [1.807, 2.05) is 54.8 Å². The van der Waals surface area contributed by atoms with E-state index >= 15 is 0 Å². The SMILES string of the molecule is CC(=NNC(=O)Cc1ccccc1)c1cccs1. The summed E-state index contributed by atoms with van der Waals surface area (Å²) in [6.07, 6.45) is 0.349. The van der Waals surface area contributed by atoms with Crippen molar-refractivity contribution in [2.45, 2.75) is 13.3 Å². The summed E-state index contributed by atoms with van der Waals surface area (Å²) in [6.45, 7) is 1.88. The second-order valence-corrected chi connectivity index (χ2v) is 4.82. The van der Waals surface area contributed by atoms with Crippen LogP contribution in [0, 0.1) is 0 Å². The monoisotopic (exact) mass is 258 g/mol. The Bertz CT molecular complexity index is 532. The van der Waals surface area contributed by atoms with Crippen LogP contribution in [0.1, 0.15) is 17.4 Å². The minimum atomic E-state index is -0.0999. The molecule has 0 saturated carbocycles. The van der Waals surface area contributed by atoms with Crippen molar-refractivity contribution < 1.29 is 4.79 Å². The van der Waals surface area contributed by atoms with Crippen LogP contribution in [0.2, 0.25) is 0 Å². The number of benzene rings is 1. The molecule has 0 aliphatic rings. The first-order valence-electron chi connectivity index (χ1n) is 5.66. The van der Waals surface area contributed by atoms with Crippen molar-refractivity contribution >= 4 is 23.0 Å². The number of carbonyl (C=O) groups excluding carboxylic acids is 1. The standard InChI is InChI=1S/C14H14N2OS/c1-11(13-8-5-9-18-13)15-16-14(17)10-12-6-3-2-4-7-12/h2-9H,10H2,1H3,(H,16,17). The molecule has 4 heteroatoms. The van der Waals surface area contributed by atoms with Crippen LogP contribution in [0.3, 0.4) is 0 Å². The maximum absolute atomic E-state index is 11.7. The van der Waals surface area contributed by atoms with Gasteiger partial charge in [-0.2, -0.15) is 5.10 Å². The molecule has 0 atom stereocenters. The van der Waals surface area contributed by atoms with Gasteiger partial charge in [-0.25, -0.2) is 5.43 Å². The molecule has 3 nitrogen and oxygen atoms in total. The van der Waals surface area contributed by atoms with Crippen molar-refractivity contribution in [3.8, 4) is 0 Å². The minimum absolute atomic E-state index is 0.0999. The third kappa shape index (κ3) is 3.53. The summed E-state index contributed by atoms with van der Waals surface area (Å²) < 4.78 is 0. The molecule has 0 fully saturated rings. The third-order valence-electron chi connectivity index (χ3n) is 2.43. The van der Waals surface area contributed by atoms with Gasteiger partial charge < -0.3 is 0 Å². The lowest BCUT2D eigenvalue weighted by atomic mass is 10.1. The molecule has 0 spiro atoms. The van der Waals surface area contributed by atoms with Gasteiger partial charge in [-0.15, -0.1) is 11.3 Å². The first-order chi connectivity index (χ1) is 8.75. The molecule has 0 bridgehead atoms. The zero-order chi connectivity index (χ0) is 12.8. The maximum atomic E-state index is 11.7. The van der Waals surface area contributed by atoms with Crippen LogP contribution in [0.5, 0.6) is 0 Å². The lowest BCUT2D eigenvalue weighted by Gasteiger charge is -2.01. The number of amides is 1. The predicted molar refractivity (Wildman–Crippen MR) is 74.8 cm³/mol. The number of hydrogen-bond donors (Lipinski definition) is 1. The Labute approximate surface area is 110 Å². The summed E-state index contributed by atoms with van der Waals surface area (Å²) in [5, 5.41) is 6.08. The molecule has 1 heterocycles. The number of hydrogen-bond acceptors (Lipinski definition) is 3. The fourth-order valence-electron chi connectivity index (χ4n) is 1.51. The fraction of sp³-hybridized carbons (Fsp3) is 0.143. The van der Waals surface area contributed by atoms with E-state index in [9.17, 15) is 4.79 Å². The van der Waals surface area contributed by atoms with E-state index in [1.54, 1.807) is 11.3 Å². The number of thiophene rings is 1. The molecule has 0 radical (unpaired) electrons. The quantitative estimate of drug-likeness (QED) is 0.665. The van der Waals surface area contributed by atoms with Gasteiger partial charge >= 0.3 is 0 Å². The van der Waals surface area contributed by atoms with Gasteiger partial charge in [-0.1, -0.05) is 36.4 Å².